The number of nitrogens with zero attached hydrogens (tertiary/aromatic N) is 2. The molecule has 0 unspecified atom stereocenters. The Balaban J connectivity index is 1.43. The zero-order chi connectivity index (χ0) is 41.9. The molecule has 0 saturated carbocycles. The average Bonchev–Trinajstić information content (AvgIpc) is 3.54. The largest absolute Gasteiger partial charge is 0.472 e. The van der Waals surface area contributed by atoms with Crippen molar-refractivity contribution >= 4 is 57.4 Å². The summed E-state index contributed by atoms with van der Waals surface area (Å²) in [5.74, 6) is 1.18. The van der Waals surface area contributed by atoms with Gasteiger partial charge in [0.15, 0.2) is 0 Å². The van der Waals surface area contributed by atoms with Gasteiger partial charge in [0.1, 0.15) is 5.76 Å². The highest BCUT2D eigenvalue weighted by atomic mass is 16.3. The Kier molecular flexibility index (Phi) is 8.27. The molecule has 58 heavy (non-hydrogen) atoms. The van der Waals surface area contributed by atoms with Gasteiger partial charge in [0, 0.05) is 39.4 Å². The third kappa shape index (κ3) is 5.73. The number of benzene rings is 4. The molecule has 4 aromatic carbocycles. The van der Waals surface area contributed by atoms with Crippen molar-refractivity contribution in [3.8, 4) is 0 Å². The molecule has 302 valence electrons. The van der Waals surface area contributed by atoms with Gasteiger partial charge in [-0.3, -0.25) is 0 Å². The van der Waals surface area contributed by atoms with Crippen molar-refractivity contribution in [3.05, 3.63) is 111 Å². The minimum absolute atomic E-state index is 0.0468. The Morgan fingerprint density at radius 3 is 1.67 bits per heavy atom. The van der Waals surface area contributed by atoms with Gasteiger partial charge in [0.2, 0.25) is 0 Å². The van der Waals surface area contributed by atoms with E-state index >= 15 is 0 Å². The van der Waals surface area contributed by atoms with Crippen molar-refractivity contribution in [1.29, 1.82) is 0 Å². The first-order valence-electron chi connectivity index (χ1n) is 22.1. The second-order valence-electron chi connectivity index (χ2n) is 23.4. The van der Waals surface area contributed by atoms with Gasteiger partial charge < -0.3 is 14.2 Å². The van der Waals surface area contributed by atoms with Crippen LogP contribution in [0.3, 0.4) is 0 Å². The maximum absolute atomic E-state index is 7.66. The highest BCUT2D eigenvalue weighted by Crippen LogP contribution is 2.56. The van der Waals surface area contributed by atoms with E-state index in [1.54, 1.807) is 0 Å². The van der Waals surface area contributed by atoms with Crippen molar-refractivity contribution in [3.63, 3.8) is 0 Å². The summed E-state index contributed by atoms with van der Waals surface area (Å²) in [6.07, 6.45) is 4.58. The zero-order valence-corrected chi connectivity index (χ0v) is 38.6. The summed E-state index contributed by atoms with van der Waals surface area (Å²) in [6.45, 7) is 38.0. The van der Waals surface area contributed by atoms with E-state index in [-0.39, 0.29) is 39.2 Å². The number of fused-ring (bicyclic) bond motifs is 7. The molecule has 0 bridgehead atoms. The van der Waals surface area contributed by atoms with Gasteiger partial charge in [-0.2, -0.15) is 0 Å². The van der Waals surface area contributed by atoms with Crippen LogP contribution in [0, 0.1) is 13.8 Å². The lowest BCUT2D eigenvalue weighted by Crippen LogP contribution is -2.61. The maximum Gasteiger partial charge on any atom is 0.297 e. The molecule has 2 aliphatic heterocycles. The van der Waals surface area contributed by atoms with Crippen LogP contribution < -0.4 is 26.4 Å². The Hall–Kier alpha value is -4.18. The molecule has 9 rings (SSSR count). The first kappa shape index (κ1) is 39.3. The van der Waals surface area contributed by atoms with Gasteiger partial charge in [-0.05, 0) is 147 Å². The normalized spacial score (nSPS) is 19.6. The molecule has 0 saturated heterocycles. The minimum atomic E-state index is -0.0792. The molecule has 2 aliphatic carbocycles. The molecule has 4 aliphatic rings. The van der Waals surface area contributed by atoms with E-state index in [1.807, 2.05) is 0 Å². The van der Waals surface area contributed by atoms with Crippen molar-refractivity contribution in [2.45, 2.75) is 169 Å². The van der Waals surface area contributed by atoms with Crippen LogP contribution >= 0.6 is 0 Å². The Labute approximate surface area is 350 Å². The number of anilines is 6. The van der Waals surface area contributed by atoms with Gasteiger partial charge in [-0.25, -0.2) is 0 Å². The molecule has 0 spiro atoms. The molecule has 3 heterocycles. The average molecular weight is 771 g/mol. The lowest BCUT2D eigenvalue weighted by Gasteiger charge is -2.47. The lowest BCUT2D eigenvalue weighted by atomic mass is 9.35. The molecule has 0 fully saturated rings. The van der Waals surface area contributed by atoms with Gasteiger partial charge in [-0.15, -0.1) is 0 Å². The predicted octanol–water partition coefficient (Wildman–Crippen LogP) is 13.3. The summed E-state index contributed by atoms with van der Waals surface area (Å²) >= 11 is 0. The molecule has 0 radical (unpaired) electrons. The molecular formula is C54H67BN2O. The molecule has 1 aromatic heterocycles. The number of aryl methyl sites for hydroxylation is 2. The fourth-order valence-electron chi connectivity index (χ4n) is 11.0. The highest BCUT2D eigenvalue weighted by Gasteiger charge is 2.53. The molecule has 0 amide bonds. The topological polar surface area (TPSA) is 19.6 Å². The van der Waals surface area contributed by atoms with E-state index in [0.717, 1.165) is 18.5 Å². The smallest absolute Gasteiger partial charge is 0.297 e. The van der Waals surface area contributed by atoms with Crippen molar-refractivity contribution in [2.75, 3.05) is 9.80 Å². The summed E-state index contributed by atoms with van der Waals surface area (Å²) in [7, 11) is 0. The Morgan fingerprint density at radius 2 is 1.09 bits per heavy atom. The van der Waals surface area contributed by atoms with Crippen LogP contribution in [0.15, 0.2) is 71.1 Å². The van der Waals surface area contributed by atoms with E-state index in [1.165, 1.54) is 103 Å². The van der Waals surface area contributed by atoms with E-state index in [9.17, 15) is 0 Å². The monoisotopic (exact) mass is 771 g/mol. The van der Waals surface area contributed by atoms with E-state index in [4.69, 9.17) is 4.42 Å². The maximum atomic E-state index is 7.66. The number of furan rings is 1. The van der Waals surface area contributed by atoms with Crippen LogP contribution in [0.5, 0.6) is 0 Å². The Morgan fingerprint density at radius 1 is 0.552 bits per heavy atom. The molecular weight excluding hydrogens is 703 g/mol. The van der Waals surface area contributed by atoms with E-state index in [2.05, 4.69) is 187 Å². The first-order valence-corrected chi connectivity index (χ1v) is 22.1. The molecule has 5 aromatic rings. The van der Waals surface area contributed by atoms with Gasteiger partial charge in [0.25, 0.3) is 6.71 Å². The van der Waals surface area contributed by atoms with Crippen LogP contribution in [0.4, 0.5) is 34.1 Å². The number of hydrogen-bond donors (Lipinski definition) is 0. The van der Waals surface area contributed by atoms with Crippen LogP contribution in [0.1, 0.15) is 167 Å². The van der Waals surface area contributed by atoms with E-state index < -0.39 is 0 Å². The van der Waals surface area contributed by atoms with Gasteiger partial charge in [-0.1, -0.05) is 127 Å². The SMILES string of the molecule is Cc1cc2c3c(c1)N(c1ccc(C(C)(C)C)cc1C)c1c(oc4c1C(C)(C)CCC4(C)C)B3c1cc3c(cc1N2c1ccc(C(C)(C)C)cc1)C(C)(C)CCC3(C)C. The summed E-state index contributed by atoms with van der Waals surface area (Å²) in [5.41, 5.74) is 21.2. The molecule has 0 atom stereocenters. The number of hydrogen-bond acceptors (Lipinski definition) is 3. The summed E-state index contributed by atoms with van der Waals surface area (Å²) < 4.78 is 7.66. The second kappa shape index (κ2) is 12.2. The van der Waals surface area contributed by atoms with Crippen LogP contribution in [0.2, 0.25) is 0 Å². The minimum Gasteiger partial charge on any atom is -0.472 e. The van der Waals surface area contributed by atoms with Crippen LogP contribution in [-0.4, -0.2) is 6.71 Å². The quantitative estimate of drug-likeness (QED) is 0.163. The lowest BCUT2D eigenvalue weighted by molar-refractivity contribution is 0.282. The van der Waals surface area contributed by atoms with E-state index in [0.29, 0.717) is 0 Å². The van der Waals surface area contributed by atoms with Crippen molar-refractivity contribution < 1.29 is 4.42 Å². The fraction of sp³-hybridized carbons (Fsp3) is 0.481. The second-order valence-corrected chi connectivity index (χ2v) is 23.4. The fourth-order valence-corrected chi connectivity index (χ4v) is 11.0. The number of rotatable bonds is 2. The standard InChI is InChI=1S/C54H67BN2O/c1-32-27-42-45-43(28-32)57(40-22-19-35(29-33(40)2)50(6,7)8)46-44-47(54(15,16)26-25-53(44,13)14)58-48(46)55(45)39-30-37-38(52(11,12)24-23-51(37,9)10)31-41(39)56(42)36-20-17-34(18-21-36)49(3,4)5/h17-22,27-31H,23-26H2,1-16H3. The summed E-state index contributed by atoms with van der Waals surface area (Å²) in [4.78, 5) is 5.25. The predicted molar refractivity (Wildman–Crippen MR) is 250 cm³/mol. The summed E-state index contributed by atoms with van der Waals surface area (Å²) in [5, 5.41) is 0. The van der Waals surface area contributed by atoms with Crippen LogP contribution in [-0.2, 0) is 32.5 Å². The van der Waals surface area contributed by atoms with Crippen LogP contribution in [0.25, 0.3) is 0 Å². The first-order chi connectivity index (χ1) is 26.8. The van der Waals surface area contributed by atoms with Crippen molar-refractivity contribution in [1.82, 2.24) is 0 Å². The third-order valence-electron chi connectivity index (χ3n) is 15.0. The van der Waals surface area contributed by atoms with Gasteiger partial charge in [0.05, 0.1) is 11.3 Å². The molecule has 0 N–H and O–H groups in total. The molecule has 3 nitrogen and oxygen atoms in total. The highest BCUT2D eigenvalue weighted by molar-refractivity contribution is 6.99. The molecule has 4 heteroatoms. The Bertz CT molecular complexity index is 2510. The summed E-state index contributed by atoms with van der Waals surface area (Å²) in [6, 6.07) is 26.8. The zero-order valence-electron chi connectivity index (χ0n) is 38.6. The third-order valence-corrected chi connectivity index (χ3v) is 15.0. The van der Waals surface area contributed by atoms with Gasteiger partial charge >= 0.3 is 0 Å². The van der Waals surface area contributed by atoms with Crippen molar-refractivity contribution in [2.24, 2.45) is 0 Å².